The summed E-state index contributed by atoms with van der Waals surface area (Å²) in [6.07, 6.45) is 6.49. The lowest BCUT2D eigenvalue weighted by Crippen LogP contribution is -2.36. The van der Waals surface area contributed by atoms with E-state index in [4.69, 9.17) is 4.98 Å². The molecule has 1 spiro atoms. The molecule has 3 aromatic heterocycles. The number of anilines is 2. The fraction of sp³-hybridized carbons (Fsp3) is 0.444. The number of halogens is 1. The average Bonchev–Trinajstić information content (AvgIpc) is 3.59. The van der Waals surface area contributed by atoms with Gasteiger partial charge in [-0.25, -0.2) is 24.3 Å². The van der Waals surface area contributed by atoms with E-state index >= 15 is 0 Å². The van der Waals surface area contributed by atoms with Gasteiger partial charge in [0.25, 0.3) is 5.56 Å². The second-order valence-corrected chi connectivity index (χ2v) is 11.0. The maximum Gasteiger partial charge on any atom is 0.278 e. The van der Waals surface area contributed by atoms with E-state index in [2.05, 4.69) is 43.8 Å². The van der Waals surface area contributed by atoms with Gasteiger partial charge >= 0.3 is 0 Å². The van der Waals surface area contributed by atoms with Crippen LogP contribution in [0.4, 0.5) is 16.0 Å². The SMILES string of the molecule is CC(C)n1c(=O)c2cnc(Nc3ccc4c(c3)CCNC43CC3)nc2n1-c1ccnc(C(C)(C)CF)n1. The smallest absolute Gasteiger partial charge is 0.278 e. The first-order valence-corrected chi connectivity index (χ1v) is 12.8. The Morgan fingerprint density at radius 3 is 2.73 bits per heavy atom. The highest BCUT2D eigenvalue weighted by Gasteiger charge is 2.46. The molecule has 0 bridgehead atoms. The van der Waals surface area contributed by atoms with Crippen molar-refractivity contribution in [3.05, 3.63) is 64.0 Å². The zero-order chi connectivity index (χ0) is 25.9. The molecule has 10 heteroatoms. The summed E-state index contributed by atoms with van der Waals surface area (Å²) in [6, 6.07) is 7.95. The third-order valence-corrected chi connectivity index (χ3v) is 7.39. The zero-order valence-corrected chi connectivity index (χ0v) is 21.5. The molecule has 0 unspecified atom stereocenters. The van der Waals surface area contributed by atoms with Crippen molar-refractivity contribution in [1.82, 2.24) is 34.6 Å². The predicted octanol–water partition coefficient (Wildman–Crippen LogP) is 4.08. The summed E-state index contributed by atoms with van der Waals surface area (Å²) in [5, 5.41) is 7.37. The molecule has 0 saturated heterocycles. The Balaban J connectivity index is 1.44. The van der Waals surface area contributed by atoms with Gasteiger partial charge in [-0.2, -0.15) is 4.98 Å². The Morgan fingerprint density at radius 2 is 2.00 bits per heavy atom. The molecule has 0 radical (unpaired) electrons. The van der Waals surface area contributed by atoms with Gasteiger partial charge in [0.1, 0.15) is 17.9 Å². The van der Waals surface area contributed by atoms with Crippen LogP contribution in [0.5, 0.6) is 0 Å². The summed E-state index contributed by atoms with van der Waals surface area (Å²) < 4.78 is 17.0. The first-order chi connectivity index (χ1) is 17.7. The Bertz CT molecular complexity index is 1570. The zero-order valence-electron chi connectivity index (χ0n) is 21.5. The van der Waals surface area contributed by atoms with Gasteiger partial charge in [-0.05, 0) is 56.4 Å². The lowest BCUT2D eigenvalue weighted by Gasteiger charge is -2.27. The van der Waals surface area contributed by atoms with Crippen LogP contribution in [0.25, 0.3) is 16.9 Å². The average molecular weight is 503 g/mol. The minimum atomic E-state index is -0.857. The van der Waals surface area contributed by atoms with Gasteiger partial charge in [0, 0.05) is 42.3 Å². The van der Waals surface area contributed by atoms with Crippen LogP contribution in [0.2, 0.25) is 0 Å². The van der Waals surface area contributed by atoms with Crippen LogP contribution < -0.4 is 16.2 Å². The molecular formula is C27H31FN8O. The molecule has 1 aliphatic carbocycles. The van der Waals surface area contributed by atoms with Crippen molar-refractivity contribution in [3.63, 3.8) is 0 Å². The van der Waals surface area contributed by atoms with Crippen molar-refractivity contribution in [1.29, 1.82) is 0 Å². The van der Waals surface area contributed by atoms with Gasteiger partial charge < -0.3 is 10.6 Å². The van der Waals surface area contributed by atoms with Crippen LogP contribution in [-0.4, -0.2) is 42.5 Å². The Labute approximate surface area is 214 Å². The summed E-state index contributed by atoms with van der Waals surface area (Å²) >= 11 is 0. The molecule has 0 atom stereocenters. The standard InChI is InChI=1S/C27H31FN8O/c1-16(2)35-23(37)19-14-30-25(32-18-5-6-20-17(13-18)7-12-31-27(20)9-10-27)34-22(19)36(35)21-8-11-29-24(33-21)26(3,4)15-28/h5-6,8,11,13-14,16,31H,7,9-10,12,15H2,1-4H3,(H,30,32,34). The molecule has 6 rings (SSSR count). The van der Waals surface area contributed by atoms with Crippen LogP contribution in [0.1, 0.15) is 63.5 Å². The van der Waals surface area contributed by atoms with E-state index in [1.54, 1.807) is 41.7 Å². The number of aromatic nitrogens is 6. The van der Waals surface area contributed by atoms with Crippen molar-refractivity contribution in [2.24, 2.45) is 0 Å². The normalized spacial score (nSPS) is 16.4. The third-order valence-electron chi connectivity index (χ3n) is 7.39. The van der Waals surface area contributed by atoms with Crippen LogP contribution >= 0.6 is 0 Å². The lowest BCUT2D eigenvalue weighted by molar-refractivity contribution is 0.336. The van der Waals surface area contributed by atoms with E-state index in [9.17, 15) is 9.18 Å². The van der Waals surface area contributed by atoms with Crippen LogP contribution in [-0.2, 0) is 17.4 Å². The highest BCUT2D eigenvalue weighted by atomic mass is 19.1. The van der Waals surface area contributed by atoms with Crippen LogP contribution in [0.15, 0.2) is 41.5 Å². The summed E-state index contributed by atoms with van der Waals surface area (Å²) in [6.45, 7) is 7.72. The molecule has 4 heterocycles. The maximum absolute atomic E-state index is 13.7. The van der Waals surface area contributed by atoms with Crippen molar-refractivity contribution >= 4 is 22.7 Å². The number of nitrogens with one attached hydrogen (secondary N) is 2. The van der Waals surface area contributed by atoms with Crippen molar-refractivity contribution in [3.8, 4) is 5.82 Å². The van der Waals surface area contributed by atoms with Crippen LogP contribution in [0.3, 0.4) is 0 Å². The number of nitrogens with zero attached hydrogens (tertiary/aromatic N) is 6. The third kappa shape index (κ3) is 3.90. The van der Waals surface area contributed by atoms with Crippen molar-refractivity contribution in [2.75, 3.05) is 18.5 Å². The quantitative estimate of drug-likeness (QED) is 0.410. The Hall–Kier alpha value is -3.66. The molecule has 1 fully saturated rings. The Morgan fingerprint density at radius 1 is 1.19 bits per heavy atom. The van der Waals surface area contributed by atoms with Gasteiger partial charge in [0.05, 0.1) is 5.41 Å². The largest absolute Gasteiger partial charge is 0.324 e. The van der Waals surface area contributed by atoms with Crippen molar-refractivity contribution in [2.45, 2.75) is 64.0 Å². The van der Waals surface area contributed by atoms with E-state index in [1.165, 1.54) is 24.0 Å². The molecule has 37 heavy (non-hydrogen) atoms. The van der Waals surface area contributed by atoms with Gasteiger partial charge in [-0.3, -0.25) is 9.18 Å². The number of fused-ring (bicyclic) bond motifs is 3. The fourth-order valence-corrected chi connectivity index (χ4v) is 5.18. The number of rotatable bonds is 6. The van der Waals surface area contributed by atoms with E-state index in [0.29, 0.717) is 28.6 Å². The van der Waals surface area contributed by atoms with E-state index < -0.39 is 12.1 Å². The summed E-state index contributed by atoms with van der Waals surface area (Å²) in [7, 11) is 0. The molecule has 2 aliphatic rings. The van der Waals surface area contributed by atoms with E-state index in [1.807, 2.05) is 13.8 Å². The molecule has 1 aliphatic heterocycles. The van der Waals surface area contributed by atoms with Gasteiger partial charge in [-0.1, -0.05) is 19.9 Å². The van der Waals surface area contributed by atoms with Gasteiger partial charge in [0.15, 0.2) is 11.5 Å². The molecule has 1 aromatic carbocycles. The van der Waals surface area contributed by atoms with E-state index in [0.717, 1.165) is 18.7 Å². The number of hydrogen-bond acceptors (Lipinski definition) is 7. The minimum Gasteiger partial charge on any atom is -0.324 e. The lowest BCUT2D eigenvalue weighted by atomic mass is 9.92. The van der Waals surface area contributed by atoms with E-state index in [-0.39, 0.29) is 17.1 Å². The number of benzene rings is 1. The van der Waals surface area contributed by atoms with Crippen LogP contribution in [0, 0.1) is 0 Å². The molecule has 2 N–H and O–H groups in total. The summed E-state index contributed by atoms with van der Waals surface area (Å²) in [4.78, 5) is 31.5. The Kier molecular flexibility index (Phi) is 5.41. The second-order valence-electron chi connectivity index (χ2n) is 11.0. The van der Waals surface area contributed by atoms with Gasteiger partial charge in [0.2, 0.25) is 5.95 Å². The second kappa shape index (κ2) is 8.44. The molecule has 0 amide bonds. The topological polar surface area (TPSA) is 103 Å². The molecule has 192 valence electrons. The predicted molar refractivity (Wildman–Crippen MR) is 140 cm³/mol. The molecule has 9 nitrogen and oxygen atoms in total. The fourth-order valence-electron chi connectivity index (χ4n) is 5.18. The molecule has 1 saturated carbocycles. The summed E-state index contributed by atoms with van der Waals surface area (Å²) in [5.74, 6) is 1.20. The first kappa shape index (κ1) is 23.7. The molecule has 4 aromatic rings. The number of alkyl halides is 1. The van der Waals surface area contributed by atoms with Crippen molar-refractivity contribution < 1.29 is 4.39 Å². The van der Waals surface area contributed by atoms with Gasteiger partial charge in [-0.15, -0.1) is 0 Å². The first-order valence-electron chi connectivity index (χ1n) is 12.8. The minimum absolute atomic E-state index is 0.171. The highest BCUT2D eigenvalue weighted by Crippen LogP contribution is 2.48. The highest BCUT2D eigenvalue weighted by molar-refractivity contribution is 5.77. The summed E-state index contributed by atoms with van der Waals surface area (Å²) in [5.41, 5.74) is 3.17. The molecular weight excluding hydrogens is 471 g/mol. The monoisotopic (exact) mass is 502 g/mol. The maximum atomic E-state index is 13.7. The number of hydrogen-bond donors (Lipinski definition) is 2.